The lowest BCUT2D eigenvalue weighted by Crippen LogP contribution is -2.37. The van der Waals surface area contributed by atoms with Gasteiger partial charge in [-0.15, -0.1) is 0 Å². The molecule has 0 spiro atoms. The molecule has 0 radical (unpaired) electrons. The topological polar surface area (TPSA) is 93.3 Å². The van der Waals surface area contributed by atoms with Gasteiger partial charge in [-0.1, -0.05) is 13.3 Å². The van der Waals surface area contributed by atoms with Gasteiger partial charge in [0.25, 0.3) is 0 Å². The second-order valence-electron chi connectivity index (χ2n) is 4.99. The van der Waals surface area contributed by atoms with Gasteiger partial charge in [-0.2, -0.15) is 0 Å². The first-order valence-electron chi connectivity index (χ1n) is 7.52. The van der Waals surface area contributed by atoms with E-state index >= 15 is 0 Å². The van der Waals surface area contributed by atoms with E-state index < -0.39 is 5.97 Å². The number of carboxylic acid groups (broad SMARTS) is 1. The van der Waals surface area contributed by atoms with E-state index in [9.17, 15) is 19.9 Å². The fourth-order valence-corrected chi connectivity index (χ4v) is 1.77. The van der Waals surface area contributed by atoms with Gasteiger partial charge < -0.3 is 15.2 Å². The molecule has 0 saturated carbocycles. The minimum Gasteiger partial charge on any atom is -0.550 e. The number of carbonyl (C=O) groups excluding carboxylic acids is 2. The van der Waals surface area contributed by atoms with Crippen LogP contribution in [-0.4, -0.2) is 23.6 Å². The number of hydrogen-bond donors (Lipinski definition) is 2. The Labute approximate surface area is 131 Å². The summed E-state index contributed by atoms with van der Waals surface area (Å²) in [5.41, 5.74) is 1.82. The van der Waals surface area contributed by atoms with E-state index in [1.165, 1.54) is 11.7 Å². The molecular formula is C16H26N2O4. The number of aromatic nitrogens is 1. The van der Waals surface area contributed by atoms with Crippen LogP contribution < -0.4 is 15.2 Å². The van der Waals surface area contributed by atoms with Crippen LogP contribution in [0.5, 0.6) is 0 Å². The summed E-state index contributed by atoms with van der Waals surface area (Å²) in [7, 11) is 0. The van der Waals surface area contributed by atoms with Crippen molar-refractivity contribution in [1.29, 1.82) is 0 Å². The van der Waals surface area contributed by atoms with Crippen LogP contribution in [0.1, 0.15) is 50.9 Å². The molecule has 0 aromatic carbocycles. The van der Waals surface area contributed by atoms with Crippen molar-refractivity contribution in [2.45, 2.75) is 52.9 Å². The summed E-state index contributed by atoms with van der Waals surface area (Å²) >= 11 is 0. The van der Waals surface area contributed by atoms with Gasteiger partial charge >= 0.3 is 0 Å². The highest BCUT2D eigenvalue weighted by atomic mass is 16.5. The molecule has 0 aliphatic carbocycles. The molecule has 0 unspecified atom stereocenters. The summed E-state index contributed by atoms with van der Waals surface area (Å²) in [6.45, 7) is 5.98. The van der Waals surface area contributed by atoms with E-state index in [0.29, 0.717) is 13.0 Å². The Kier molecular flexibility index (Phi) is 10.4. The summed E-state index contributed by atoms with van der Waals surface area (Å²) in [5.74, 6) is -1.05. The molecule has 1 aromatic rings. The van der Waals surface area contributed by atoms with Crippen LogP contribution in [-0.2, 0) is 16.0 Å². The molecule has 6 heteroatoms. The van der Waals surface area contributed by atoms with E-state index in [2.05, 4.69) is 5.32 Å². The molecule has 2 N–H and O–H groups in total. The number of carbonyl (C=O) groups is 2. The number of hydrogen-bond acceptors (Lipinski definition) is 4. The van der Waals surface area contributed by atoms with Crippen LogP contribution in [0, 0.1) is 6.92 Å². The van der Waals surface area contributed by atoms with Gasteiger partial charge in [0.2, 0.25) is 17.3 Å². The first-order chi connectivity index (χ1) is 10.4. The van der Waals surface area contributed by atoms with Crippen LogP contribution in [0.4, 0.5) is 0 Å². The second-order valence-corrected chi connectivity index (χ2v) is 4.99. The normalized spacial score (nSPS) is 9.59. The van der Waals surface area contributed by atoms with Gasteiger partial charge in [0, 0.05) is 49.6 Å². The third kappa shape index (κ3) is 9.74. The first kappa shape index (κ1) is 19.9. The van der Waals surface area contributed by atoms with Crippen LogP contribution in [0.25, 0.3) is 0 Å². The van der Waals surface area contributed by atoms with Crippen LogP contribution in [0.2, 0.25) is 0 Å². The van der Waals surface area contributed by atoms with E-state index in [1.807, 2.05) is 32.0 Å². The molecule has 0 fully saturated rings. The lowest BCUT2D eigenvalue weighted by molar-refractivity contribution is -0.913. The Balaban J connectivity index is 0.000000406. The molecule has 1 amide bonds. The Hall–Kier alpha value is -2.11. The molecular weight excluding hydrogens is 284 g/mol. The molecule has 0 aliphatic rings. The van der Waals surface area contributed by atoms with Crippen LogP contribution in [0.3, 0.4) is 0 Å². The number of rotatable bonds is 7. The van der Waals surface area contributed by atoms with Gasteiger partial charge in [-0.05, 0) is 25.3 Å². The highest BCUT2D eigenvalue weighted by Gasteiger charge is 2.08. The van der Waals surface area contributed by atoms with Crippen LogP contribution in [0.15, 0.2) is 18.2 Å². The number of pyridine rings is 1. The van der Waals surface area contributed by atoms with E-state index in [0.717, 1.165) is 30.7 Å². The molecule has 1 rings (SSSR count). The molecule has 1 heterocycles. The fourth-order valence-electron chi connectivity index (χ4n) is 1.77. The summed E-state index contributed by atoms with van der Waals surface area (Å²) in [4.78, 5) is 20.3. The Morgan fingerprint density at radius 1 is 1.27 bits per heavy atom. The maximum absolute atomic E-state index is 10.4. The lowest BCUT2D eigenvalue weighted by atomic mass is 10.2. The molecule has 6 nitrogen and oxygen atoms in total. The first-order valence-corrected chi connectivity index (χ1v) is 7.52. The van der Waals surface area contributed by atoms with Gasteiger partial charge in [0.1, 0.15) is 0 Å². The largest absolute Gasteiger partial charge is 0.550 e. The molecule has 0 aliphatic heterocycles. The Bertz CT molecular complexity index is 457. The third-order valence-corrected chi connectivity index (χ3v) is 3.03. The Morgan fingerprint density at radius 3 is 2.45 bits per heavy atom. The zero-order valence-corrected chi connectivity index (χ0v) is 13.6. The van der Waals surface area contributed by atoms with Crippen molar-refractivity contribution in [3.63, 3.8) is 0 Å². The van der Waals surface area contributed by atoms with Crippen molar-refractivity contribution in [2.75, 3.05) is 6.54 Å². The molecule has 0 bridgehead atoms. The van der Waals surface area contributed by atoms with Crippen molar-refractivity contribution in [1.82, 2.24) is 5.32 Å². The van der Waals surface area contributed by atoms with E-state index in [4.69, 9.17) is 0 Å². The minimum atomic E-state index is -1.01. The predicted molar refractivity (Wildman–Crippen MR) is 80.1 cm³/mol. The molecule has 0 atom stereocenters. The SMILES string of the molecule is CC(=O)NCCCCCC(=O)[O-].CCc1cccc(C)[n+]1O. The molecule has 1 aromatic heterocycles. The number of carboxylic acids is 1. The van der Waals surface area contributed by atoms with Gasteiger partial charge in [0.05, 0.1) is 0 Å². The van der Waals surface area contributed by atoms with E-state index in [-0.39, 0.29) is 12.3 Å². The summed E-state index contributed by atoms with van der Waals surface area (Å²) < 4.78 is 1.22. The number of amides is 1. The Morgan fingerprint density at radius 2 is 1.95 bits per heavy atom. The average molecular weight is 310 g/mol. The van der Waals surface area contributed by atoms with Gasteiger partial charge in [-0.25, -0.2) is 0 Å². The van der Waals surface area contributed by atoms with Crippen molar-refractivity contribution in [2.24, 2.45) is 0 Å². The van der Waals surface area contributed by atoms with E-state index in [1.54, 1.807) is 0 Å². The zero-order chi connectivity index (χ0) is 17.0. The van der Waals surface area contributed by atoms with Crippen LogP contribution >= 0.6 is 0 Å². The minimum absolute atomic E-state index is 0.0464. The van der Waals surface area contributed by atoms with Gasteiger partial charge in [0.15, 0.2) is 0 Å². The number of aryl methyl sites for hydroxylation is 2. The van der Waals surface area contributed by atoms with Gasteiger partial charge in [-0.3, -0.25) is 10.0 Å². The monoisotopic (exact) mass is 310 g/mol. The van der Waals surface area contributed by atoms with Crippen molar-refractivity contribution < 1.29 is 24.6 Å². The van der Waals surface area contributed by atoms with Crippen molar-refractivity contribution in [3.8, 4) is 0 Å². The summed E-state index contributed by atoms with van der Waals surface area (Å²) in [6.07, 6.45) is 3.24. The maximum atomic E-state index is 10.4. The summed E-state index contributed by atoms with van der Waals surface area (Å²) in [5, 5.41) is 21.9. The smallest absolute Gasteiger partial charge is 0.234 e. The van der Waals surface area contributed by atoms with Crippen molar-refractivity contribution in [3.05, 3.63) is 29.6 Å². The van der Waals surface area contributed by atoms with Crippen molar-refractivity contribution >= 4 is 11.9 Å². The standard InChI is InChI=1S/C8H15NO3.C8H12NO/c1-7(10)9-6-4-2-3-5-8(11)12;1-3-8-6-4-5-7(2)9(8)10/h2-6H2,1H3,(H,9,10)(H,11,12);4-6,10H,3H2,1-2H3/q;+1/p-1. The average Bonchev–Trinajstić information content (AvgIpc) is 2.46. The quantitative estimate of drug-likeness (QED) is 0.436. The fraction of sp³-hybridized carbons (Fsp3) is 0.562. The highest BCUT2D eigenvalue weighted by molar-refractivity contribution is 5.72. The molecule has 124 valence electrons. The lowest BCUT2D eigenvalue weighted by Gasteiger charge is -2.02. The maximum Gasteiger partial charge on any atom is 0.234 e. The number of nitrogens with zero attached hydrogens (tertiary/aromatic N) is 1. The number of aliphatic carboxylic acids is 1. The number of unbranched alkanes of at least 4 members (excludes halogenated alkanes) is 2. The highest BCUT2D eigenvalue weighted by Crippen LogP contribution is 1.97. The second kappa shape index (κ2) is 11.5. The number of nitrogens with one attached hydrogen (secondary N) is 1. The molecule has 0 saturated heterocycles. The molecule has 22 heavy (non-hydrogen) atoms. The zero-order valence-electron chi connectivity index (χ0n) is 13.6. The summed E-state index contributed by atoms with van der Waals surface area (Å²) in [6, 6.07) is 5.73. The predicted octanol–water partition coefficient (Wildman–Crippen LogP) is 0.515. The third-order valence-electron chi connectivity index (χ3n) is 3.03.